The van der Waals surface area contributed by atoms with Crippen molar-refractivity contribution in [2.45, 2.75) is 44.7 Å². The van der Waals surface area contributed by atoms with Gasteiger partial charge in [-0.3, -0.25) is 19.1 Å². The zero-order valence-electron chi connectivity index (χ0n) is 12.2. The molecule has 0 unspecified atom stereocenters. The predicted octanol–water partition coefficient (Wildman–Crippen LogP) is 0.146. The normalized spacial score (nSPS) is 15.3. The summed E-state index contributed by atoms with van der Waals surface area (Å²) in [5.41, 5.74) is 0.228. The molecule has 0 aromatic carbocycles. The van der Waals surface area contributed by atoms with Crippen molar-refractivity contribution >= 4 is 17.8 Å². The number of aromatic nitrogens is 2. The summed E-state index contributed by atoms with van der Waals surface area (Å²) in [5.74, 6) is -1.78. The maximum atomic E-state index is 11.9. The van der Waals surface area contributed by atoms with E-state index in [1.165, 1.54) is 23.5 Å². The minimum atomic E-state index is -1.12. The molecular formula is C14H20N4O4. The van der Waals surface area contributed by atoms with Gasteiger partial charge < -0.3 is 15.7 Å². The Labute approximate surface area is 127 Å². The maximum Gasteiger partial charge on any atom is 0.322 e. The monoisotopic (exact) mass is 308 g/mol. The van der Waals surface area contributed by atoms with Crippen molar-refractivity contribution < 1.29 is 19.5 Å². The quantitative estimate of drug-likeness (QED) is 0.692. The van der Waals surface area contributed by atoms with Gasteiger partial charge in [-0.25, -0.2) is 0 Å². The molecule has 1 heterocycles. The van der Waals surface area contributed by atoms with Crippen LogP contribution in [0.5, 0.6) is 0 Å². The van der Waals surface area contributed by atoms with Crippen LogP contribution in [-0.4, -0.2) is 45.3 Å². The van der Waals surface area contributed by atoms with Crippen molar-refractivity contribution in [2.24, 2.45) is 0 Å². The van der Waals surface area contributed by atoms with Gasteiger partial charge in [0.15, 0.2) is 0 Å². The van der Waals surface area contributed by atoms with Crippen LogP contribution in [-0.2, 0) is 16.1 Å². The van der Waals surface area contributed by atoms with E-state index in [0.29, 0.717) is 0 Å². The van der Waals surface area contributed by atoms with Gasteiger partial charge in [0.25, 0.3) is 5.91 Å². The number of aliphatic carboxylic acids is 1. The van der Waals surface area contributed by atoms with Gasteiger partial charge in [0.2, 0.25) is 5.91 Å². The molecule has 22 heavy (non-hydrogen) atoms. The fourth-order valence-corrected chi connectivity index (χ4v) is 2.49. The SMILES string of the molecule is O=C(O)CNC(=O)c1cnn(CC(=O)NC2CCCCC2)c1. The average Bonchev–Trinajstić information content (AvgIpc) is 2.94. The van der Waals surface area contributed by atoms with Crippen molar-refractivity contribution in [3.8, 4) is 0 Å². The molecule has 0 atom stereocenters. The first-order valence-corrected chi connectivity index (χ1v) is 7.36. The van der Waals surface area contributed by atoms with E-state index >= 15 is 0 Å². The highest BCUT2D eigenvalue weighted by Gasteiger charge is 2.16. The molecule has 8 nitrogen and oxygen atoms in total. The number of hydrogen-bond donors (Lipinski definition) is 3. The zero-order valence-corrected chi connectivity index (χ0v) is 12.2. The summed E-state index contributed by atoms with van der Waals surface area (Å²) in [7, 11) is 0. The molecule has 2 amide bonds. The number of rotatable bonds is 6. The van der Waals surface area contributed by atoms with E-state index < -0.39 is 18.4 Å². The molecule has 0 saturated heterocycles. The lowest BCUT2D eigenvalue weighted by molar-refractivity contribution is -0.135. The van der Waals surface area contributed by atoms with Crippen LogP contribution in [0, 0.1) is 0 Å². The summed E-state index contributed by atoms with van der Waals surface area (Å²) in [4.78, 5) is 33.9. The molecule has 8 heteroatoms. The molecule has 0 radical (unpaired) electrons. The van der Waals surface area contributed by atoms with E-state index in [1.54, 1.807) is 0 Å². The van der Waals surface area contributed by atoms with Gasteiger partial charge in [-0.15, -0.1) is 0 Å². The van der Waals surface area contributed by atoms with Crippen LogP contribution in [0.2, 0.25) is 0 Å². The Bertz CT molecular complexity index is 549. The van der Waals surface area contributed by atoms with Crippen LogP contribution in [0.1, 0.15) is 42.5 Å². The summed E-state index contributed by atoms with van der Waals surface area (Å²) in [6, 6.07) is 0.232. The molecule has 0 bridgehead atoms. The molecule has 1 saturated carbocycles. The third kappa shape index (κ3) is 4.87. The molecule has 2 rings (SSSR count). The smallest absolute Gasteiger partial charge is 0.322 e. The van der Waals surface area contributed by atoms with Crippen LogP contribution in [0.15, 0.2) is 12.4 Å². The second-order valence-corrected chi connectivity index (χ2v) is 5.41. The second kappa shape index (κ2) is 7.58. The maximum absolute atomic E-state index is 11.9. The van der Waals surface area contributed by atoms with E-state index in [0.717, 1.165) is 25.7 Å². The largest absolute Gasteiger partial charge is 0.480 e. The molecular weight excluding hydrogens is 288 g/mol. The fraction of sp³-hybridized carbons (Fsp3) is 0.571. The first-order valence-electron chi connectivity index (χ1n) is 7.36. The first-order chi connectivity index (χ1) is 10.5. The first kappa shape index (κ1) is 16.0. The summed E-state index contributed by atoms with van der Waals surface area (Å²) >= 11 is 0. The number of carbonyl (C=O) groups excluding carboxylic acids is 2. The fourth-order valence-electron chi connectivity index (χ4n) is 2.49. The summed E-state index contributed by atoms with van der Waals surface area (Å²) < 4.78 is 1.37. The topological polar surface area (TPSA) is 113 Å². The van der Waals surface area contributed by atoms with Gasteiger partial charge >= 0.3 is 5.97 Å². The minimum absolute atomic E-state index is 0.0444. The van der Waals surface area contributed by atoms with Crippen molar-refractivity contribution in [1.29, 1.82) is 0 Å². The van der Waals surface area contributed by atoms with Crippen LogP contribution in [0.3, 0.4) is 0 Å². The van der Waals surface area contributed by atoms with E-state index in [9.17, 15) is 14.4 Å². The number of carboxylic acids is 1. The molecule has 0 spiro atoms. The Hall–Kier alpha value is -2.38. The van der Waals surface area contributed by atoms with Gasteiger partial charge in [0.05, 0.1) is 11.8 Å². The number of carbonyl (C=O) groups is 3. The molecule has 1 aromatic heterocycles. The highest BCUT2D eigenvalue weighted by molar-refractivity contribution is 5.95. The Morgan fingerprint density at radius 1 is 1.27 bits per heavy atom. The summed E-state index contributed by atoms with van der Waals surface area (Å²) in [6.45, 7) is -0.408. The van der Waals surface area contributed by atoms with E-state index in [2.05, 4.69) is 15.7 Å². The van der Waals surface area contributed by atoms with E-state index in [4.69, 9.17) is 5.11 Å². The van der Waals surface area contributed by atoms with Crippen LogP contribution < -0.4 is 10.6 Å². The van der Waals surface area contributed by atoms with Gasteiger partial charge in [0, 0.05) is 12.2 Å². The second-order valence-electron chi connectivity index (χ2n) is 5.41. The van der Waals surface area contributed by atoms with E-state index in [1.807, 2.05) is 0 Å². The lowest BCUT2D eigenvalue weighted by atomic mass is 9.95. The molecule has 1 aromatic rings. The summed E-state index contributed by atoms with van der Waals surface area (Å²) in [5, 5.41) is 17.7. The van der Waals surface area contributed by atoms with Gasteiger partial charge in [-0.2, -0.15) is 5.10 Å². The number of nitrogens with zero attached hydrogens (tertiary/aromatic N) is 2. The van der Waals surface area contributed by atoms with E-state index in [-0.39, 0.29) is 24.1 Å². The number of hydrogen-bond acceptors (Lipinski definition) is 4. The Morgan fingerprint density at radius 2 is 2.00 bits per heavy atom. The molecule has 1 aliphatic carbocycles. The van der Waals surface area contributed by atoms with Crippen molar-refractivity contribution in [3.05, 3.63) is 18.0 Å². The highest BCUT2D eigenvalue weighted by atomic mass is 16.4. The van der Waals surface area contributed by atoms with Crippen molar-refractivity contribution in [2.75, 3.05) is 6.54 Å². The third-order valence-corrected chi connectivity index (χ3v) is 3.57. The standard InChI is InChI=1S/C14H20N4O4/c19-12(17-11-4-2-1-3-5-11)9-18-8-10(6-16-18)14(22)15-7-13(20)21/h6,8,11H,1-5,7,9H2,(H,15,22)(H,17,19)(H,20,21). The summed E-state index contributed by atoms with van der Waals surface area (Å²) in [6.07, 6.45) is 8.26. The molecule has 120 valence electrons. The highest BCUT2D eigenvalue weighted by Crippen LogP contribution is 2.17. The Morgan fingerprint density at radius 3 is 2.68 bits per heavy atom. The number of amides is 2. The minimum Gasteiger partial charge on any atom is -0.480 e. The van der Waals surface area contributed by atoms with Crippen LogP contribution >= 0.6 is 0 Å². The van der Waals surface area contributed by atoms with Crippen molar-refractivity contribution in [3.63, 3.8) is 0 Å². The van der Waals surface area contributed by atoms with Gasteiger partial charge in [-0.1, -0.05) is 19.3 Å². The molecule has 0 aliphatic heterocycles. The number of carboxylic acid groups (broad SMARTS) is 1. The van der Waals surface area contributed by atoms with Gasteiger partial charge in [0.1, 0.15) is 13.1 Å². The Kier molecular flexibility index (Phi) is 5.51. The molecule has 3 N–H and O–H groups in total. The lowest BCUT2D eigenvalue weighted by Gasteiger charge is -2.22. The molecule has 1 fully saturated rings. The lowest BCUT2D eigenvalue weighted by Crippen LogP contribution is -2.38. The Balaban J connectivity index is 1.81. The van der Waals surface area contributed by atoms with Gasteiger partial charge in [-0.05, 0) is 12.8 Å². The third-order valence-electron chi connectivity index (χ3n) is 3.57. The zero-order chi connectivity index (χ0) is 15.9. The van der Waals surface area contributed by atoms with Crippen molar-refractivity contribution in [1.82, 2.24) is 20.4 Å². The average molecular weight is 308 g/mol. The van der Waals surface area contributed by atoms with Crippen LogP contribution in [0.4, 0.5) is 0 Å². The predicted molar refractivity (Wildman–Crippen MR) is 77.2 cm³/mol. The molecule has 1 aliphatic rings. The number of nitrogens with one attached hydrogen (secondary N) is 2. The van der Waals surface area contributed by atoms with Crippen LogP contribution in [0.25, 0.3) is 0 Å².